The zero-order valence-corrected chi connectivity index (χ0v) is 22.3. The van der Waals surface area contributed by atoms with Gasteiger partial charge in [0.1, 0.15) is 6.61 Å². The van der Waals surface area contributed by atoms with Crippen LogP contribution < -0.4 is 23.5 Å². The standard InChI is InChI=1S/C30H31N2O6/c1-6-21-22-8-10-26(35-3)30(38-17-20-13-18(2)7-9-25(20)32(33)34)24(22)16-31-12-11-19-14-27(36-4)28(37-5)15-23(19)29(21)31/h7-10,13-16H,6,11-12,17H2,1-5H3/q+1. The maximum atomic E-state index is 11.6. The molecule has 0 radical (unpaired) electrons. The van der Waals surface area contributed by atoms with E-state index in [0.29, 0.717) is 22.8 Å². The van der Waals surface area contributed by atoms with E-state index in [2.05, 4.69) is 35.9 Å². The highest BCUT2D eigenvalue weighted by atomic mass is 16.6. The fourth-order valence-corrected chi connectivity index (χ4v) is 5.40. The fraction of sp³-hybridized carbons (Fsp3) is 0.300. The third-order valence-corrected chi connectivity index (χ3v) is 7.21. The quantitative estimate of drug-likeness (QED) is 0.169. The zero-order valence-electron chi connectivity index (χ0n) is 22.3. The lowest BCUT2D eigenvalue weighted by molar-refractivity contribution is -0.686. The Morgan fingerprint density at radius 1 is 0.947 bits per heavy atom. The third-order valence-electron chi connectivity index (χ3n) is 7.21. The van der Waals surface area contributed by atoms with Crippen LogP contribution in [-0.2, 0) is 26.0 Å². The van der Waals surface area contributed by atoms with Crippen molar-refractivity contribution in [3.8, 4) is 34.3 Å². The molecular weight excluding hydrogens is 484 g/mol. The number of rotatable bonds is 8. The second-order valence-corrected chi connectivity index (χ2v) is 9.35. The monoisotopic (exact) mass is 515 g/mol. The van der Waals surface area contributed by atoms with Crippen molar-refractivity contribution in [2.24, 2.45) is 0 Å². The minimum absolute atomic E-state index is 0.0387. The van der Waals surface area contributed by atoms with Gasteiger partial charge in [0.25, 0.3) is 5.69 Å². The molecule has 1 aliphatic rings. The average molecular weight is 516 g/mol. The average Bonchev–Trinajstić information content (AvgIpc) is 2.93. The first-order valence-electron chi connectivity index (χ1n) is 12.6. The number of pyridine rings is 1. The lowest BCUT2D eigenvalue weighted by Gasteiger charge is -2.22. The molecule has 196 valence electrons. The minimum atomic E-state index is -0.374. The number of methoxy groups -OCH3 is 3. The Labute approximate surface area is 221 Å². The Hall–Kier alpha value is -4.33. The number of nitro benzene ring substituents is 1. The first-order chi connectivity index (χ1) is 18.4. The van der Waals surface area contributed by atoms with Gasteiger partial charge >= 0.3 is 0 Å². The number of nitrogens with zero attached hydrogens (tertiary/aromatic N) is 2. The molecule has 0 bridgehead atoms. The van der Waals surface area contributed by atoms with Gasteiger partial charge in [-0.2, -0.15) is 4.57 Å². The summed E-state index contributed by atoms with van der Waals surface area (Å²) in [5.74, 6) is 2.58. The molecule has 1 aliphatic heterocycles. The highest BCUT2D eigenvalue weighted by molar-refractivity contribution is 5.95. The van der Waals surface area contributed by atoms with E-state index >= 15 is 0 Å². The van der Waals surface area contributed by atoms with Crippen LogP contribution in [0.1, 0.15) is 29.2 Å². The lowest BCUT2D eigenvalue weighted by Crippen LogP contribution is -2.41. The molecule has 0 saturated carbocycles. The largest absolute Gasteiger partial charge is 0.493 e. The van der Waals surface area contributed by atoms with E-state index in [1.54, 1.807) is 33.5 Å². The summed E-state index contributed by atoms with van der Waals surface area (Å²) in [7, 11) is 4.91. The summed E-state index contributed by atoms with van der Waals surface area (Å²) in [5.41, 5.74) is 6.16. The molecule has 0 atom stereocenters. The van der Waals surface area contributed by atoms with E-state index < -0.39 is 0 Å². The van der Waals surface area contributed by atoms with Crippen molar-refractivity contribution in [2.75, 3.05) is 21.3 Å². The van der Waals surface area contributed by atoms with E-state index in [-0.39, 0.29) is 17.2 Å². The Bertz CT molecular complexity index is 1560. The molecule has 0 fully saturated rings. The molecule has 3 aromatic carbocycles. The van der Waals surface area contributed by atoms with Crippen molar-refractivity contribution < 1.29 is 28.4 Å². The van der Waals surface area contributed by atoms with Crippen LogP contribution >= 0.6 is 0 Å². The van der Waals surface area contributed by atoms with Gasteiger partial charge in [-0.1, -0.05) is 18.6 Å². The van der Waals surface area contributed by atoms with Gasteiger partial charge in [0, 0.05) is 23.4 Å². The third kappa shape index (κ3) is 4.26. The zero-order chi connectivity index (χ0) is 27.0. The molecule has 0 spiro atoms. The van der Waals surface area contributed by atoms with Crippen LogP contribution in [0.4, 0.5) is 5.69 Å². The van der Waals surface area contributed by atoms with Gasteiger partial charge in [-0.3, -0.25) is 10.1 Å². The van der Waals surface area contributed by atoms with E-state index in [0.717, 1.165) is 52.7 Å². The summed E-state index contributed by atoms with van der Waals surface area (Å²) in [5, 5.41) is 13.6. The summed E-state index contributed by atoms with van der Waals surface area (Å²) in [6, 6.07) is 13.1. The van der Waals surface area contributed by atoms with Crippen molar-refractivity contribution >= 4 is 16.5 Å². The molecule has 0 saturated heterocycles. The number of hydrogen-bond donors (Lipinski definition) is 0. The van der Waals surface area contributed by atoms with Gasteiger partial charge in [-0.05, 0) is 49.2 Å². The van der Waals surface area contributed by atoms with Crippen molar-refractivity contribution in [3.63, 3.8) is 0 Å². The van der Waals surface area contributed by atoms with Crippen LogP contribution in [0.5, 0.6) is 23.0 Å². The molecule has 2 heterocycles. The molecule has 8 heteroatoms. The number of aryl methyl sites for hydroxylation is 4. The highest BCUT2D eigenvalue weighted by Gasteiger charge is 2.31. The Balaban J connectivity index is 1.67. The molecule has 38 heavy (non-hydrogen) atoms. The number of hydrogen-bond acceptors (Lipinski definition) is 6. The normalized spacial score (nSPS) is 12.0. The smallest absolute Gasteiger partial charge is 0.276 e. The van der Waals surface area contributed by atoms with Gasteiger partial charge in [0.15, 0.2) is 35.7 Å². The number of ether oxygens (including phenoxy) is 4. The van der Waals surface area contributed by atoms with Crippen LogP contribution in [-0.4, -0.2) is 26.3 Å². The van der Waals surface area contributed by atoms with Crippen molar-refractivity contribution in [3.05, 3.63) is 81.0 Å². The summed E-state index contributed by atoms with van der Waals surface area (Å²) in [4.78, 5) is 11.2. The molecule has 4 aromatic rings. The molecule has 0 N–H and O–H groups in total. The highest BCUT2D eigenvalue weighted by Crippen LogP contribution is 2.43. The van der Waals surface area contributed by atoms with Gasteiger partial charge in [-0.25, -0.2) is 0 Å². The maximum absolute atomic E-state index is 11.6. The summed E-state index contributed by atoms with van der Waals surface area (Å²) in [6.45, 7) is 4.90. The molecule has 5 rings (SSSR count). The second-order valence-electron chi connectivity index (χ2n) is 9.35. The van der Waals surface area contributed by atoms with Crippen LogP contribution in [0.2, 0.25) is 0 Å². The van der Waals surface area contributed by atoms with Gasteiger partial charge in [0.2, 0.25) is 5.69 Å². The second kappa shape index (κ2) is 10.2. The first-order valence-corrected chi connectivity index (χ1v) is 12.6. The fourth-order valence-electron chi connectivity index (χ4n) is 5.40. The van der Waals surface area contributed by atoms with Crippen LogP contribution in [0, 0.1) is 17.0 Å². The van der Waals surface area contributed by atoms with Crippen molar-refractivity contribution in [2.45, 2.75) is 39.8 Å². The Kier molecular flexibility index (Phi) is 6.80. The van der Waals surface area contributed by atoms with Gasteiger partial charge in [0.05, 0.1) is 42.8 Å². The molecule has 1 aromatic heterocycles. The van der Waals surface area contributed by atoms with Gasteiger partial charge < -0.3 is 18.9 Å². The van der Waals surface area contributed by atoms with Gasteiger partial charge in [-0.15, -0.1) is 0 Å². The van der Waals surface area contributed by atoms with Crippen LogP contribution in [0.3, 0.4) is 0 Å². The minimum Gasteiger partial charge on any atom is -0.493 e. The summed E-state index contributed by atoms with van der Waals surface area (Å²) in [6.07, 6.45) is 3.75. The molecular formula is C30H31N2O6+. The van der Waals surface area contributed by atoms with E-state index in [1.807, 2.05) is 13.0 Å². The predicted molar refractivity (Wildman–Crippen MR) is 144 cm³/mol. The predicted octanol–water partition coefficient (Wildman–Crippen LogP) is 5.73. The summed E-state index contributed by atoms with van der Waals surface area (Å²) >= 11 is 0. The molecule has 0 unspecified atom stereocenters. The maximum Gasteiger partial charge on any atom is 0.276 e. The number of benzene rings is 3. The number of fused-ring (bicyclic) bond motifs is 4. The molecule has 8 nitrogen and oxygen atoms in total. The van der Waals surface area contributed by atoms with Crippen molar-refractivity contribution in [1.82, 2.24) is 0 Å². The SMILES string of the molecule is CCc1c2[n+](cc3c(OCc4cc(C)ccc4[N+](=O)[O-])c(OC)ccc13)CCc1cc(OC)c(OC)cc1-2. The molecule has 0 amide bonds. The number of nitro groups is 1. The molecule has 0 aliphatic carbocycles. The van der Waals surface area contributed by atoms with E-state index in [4.69, 9.17) is 18.9 Å². The number of aromatic nitrogens is 1. The topological polar surface area (TPSA) is 83.9 Å². The lowest BCUT2D eigenvalue weighted by atomic mass is 9.90. The summed E-state index contributed by atoms with van der Waals surface area (Å²) < 4.78 is 25.4. The van der Waals surface area contributed by atoms with E-state index in [1.165, 1.54) is 17.2 Å². The van der Waals surface area contributed by atoms with Crippen LogP contribution in [0.25, 0.3) is 22.0 Å². The van der Waals surface area contributed by atoms with Crippen LogP contribution in [0.15, 0.2) is 48.7 Å². The van der Waals surface area contributed by atoms with E-state index in [9.17, 15) is 10.1 Å². The Morgan fingerprint density at radius 3 is 2.37 bits per heavy atom. The van der Waals surface area contributed by atoms with Crippen molar-refractivity contribution in [1.29, 1.82) is 0 Å². The Morgan fingerprint density at radius 2 is 1.68 bits per heavy atom. The first kappa shape index (κ1) is 25.3.